The number of nitrogens with zero attached hydrogens (tertiary/aromatic N) is 1. The Kier molecular flexibility index (Phi) is 5.68. The van der Waals surface area contributed by atoms with E-state index in [4.69, 9.17) is 0 Å². The quantitative estimate of drug-likeness (QED) is 0.881. The highest BCUT2D eigenvalue weighted by atomic mass is 32.2. The van der Waals surface area contributed by atoms with Crippen LogP contribution in [0.1, 0.15) is 29.2 Å². The van der Waals surface area contributed by atoms with E-state index < -0.39 is 10.8 Å². The molecule has 0 aliphatic carbocycles. The number of hydrogen-bond acceptors (Lipinski definition) is 4. The Hall–Kier alpha value is -1.73. The predicted molar refractivity (Wildman–Crippen MR) is 89.4 cm³/mol. The highest BCUT2D eigenvalue weighted by molar-refractivity contribution is 7.84. The van der Waals surface area contributed by atoms with Crippen molar-refractivity contribution in [3.8, 4) is 0 Å². The molecule has 2 N–H and O–H groups in total. The average molecular weight is 337 g/mol. The lowest BCUT2D eigenvalue weighted by molar-refractivity contribution is 0.237. The Morgan fingerprint density at radius 3 is 2.59 bits per heavy atom. The molecule has 5 nitrogen and oxygen atoms in total. The lowest BCUT2D eigenvalue weighted by Gasteiger charge is -2.13. The van der Waals surface area contributed by atoms with Gasteiger partial charge < -0.3 is 10.6 Å². The van der Waals surface area contributed by atoms with E-state index in [1.54, 1.807) is 17.6 Å². The number of amides is 2. The summed E-state index contributed by atoms with van der Waals surface area (Å²) in [5, 5.41) is 8.59. The zero-order valence-corrected chi connectivity index (χ0v) is 14.4. The normalized spacial score (nSPS) is 13.4. The van der Waals surface area contributed by atoms with Crippen molar-refractivity contribution >= 4 is 28.2 Å². The fourth-order valence-corrected chi connectivity index (χ4v) is 3.11. The van der Waals surface area contributed by atoms with E-state index in [0.29, 0.717) is 6.54 Å². The van der Waals surface area contributed by atoms with Crippen molar-refractivity contribution in [3.05, 3.63) is 45.9 Å². The van der Waals surface area contributed by atoms with Gasteiger partial charge in [-0.2, -0.15) is 0 Å². The molecular weight excluding hydrogens is 318 g/mol. The molecular formula is C15H19N3O2S2. The lowest BCUT2D eigenvalue weighted by atomic mass is 10.2. The van der Waals surface area contributed by atoms with Gasteiger partial charge in [0.15, 0.2) is 0 Å². The Morgan fingerprint density at radius 1 is 1.36 bits per heavy atom. The highest BCUT2D eigenvalue weighted by Gasteiger charge is 2.11. The molecule has 0 radical (unpaired) electrons. The minimum absolute atomic E-state index is 0.130. The van der Waals surface area contributed by atoms with Crippen LogP contribution in [0.5, 0.6) is 0 Å². The van der Waals surface area contributed by atoms with Gasteiger partial charge in [-0.3, -0.25) is 4.21 Å². The molecule has 2 aromatic rings. The molecule has 22 heavy (non-hydrogen) atoms. The fraction of sp³-hybridized carbons (Fsp3) is 0.333. The van der Waals surface area contributed by atoms with E-state index in [1.165, 1.54) is 0 Å². The molecule has 2 amide bonds. The number of benzene rings is 1. The van der Waals surface area contributed by atoms with Crippen molar-refractivity contribution in [2.45, 2.75) is 31.3 Å². The molecule has 0 saturated heterocycles. The molecule has 0 bridgehead atoms. The Balaban J connectivity index is 1.83. The zero-order valence-electron chi connectivity index (χ0n) is 12.8. The van der Waals surface area contributed by atoms with Crippen LogP contribution in [-0.4, -0.2) is 21.5 Å². The SMILES string of the molecule is Cc1nc([C@@H](C)NC(=O)NCc2ccc([S@](C)=O)cc2)cs1. The van der Waals surface area contributed by atoms with Gasteiger partial charge in [0, 0.05) is 33.9 Å². The topological polar surface area (TPSA) is 71.1 Å². The minimum atomic E-state index is -0.983. The lowest BCUT2D eigenvalue weighted by Crippen LogP contribution is -2.36. The van der Waals surface area contributed by atoms with Gasteiger partial charge in [-0.15, -0.1) is 11.3 Å². The zero-order chi connectivity index (χ0) is 16.1. The molecule has 0 aliphatic rings. The van der Waals surface area contributed by atoms with Crippen LogP contribution in [-0.2, 0) is 17.3 Å². The van der Waals surface area contributed by atoms with E-state index in [1.807, 2.05) is 43.5 Å². The third kappa shape index (κ3) is 4.64. The molecule has 0 spiro atoms. The van der Waals surface area contributed by atoms with Crippen molar-refractivity contribution in [1.29, 1.82) is 0 Å². The summed E-state index contributed by atoms with van der Waals surface area (Å²) < 4.78 is 11.3. The summed E-state index contributed by atoms with van der Waals surface area (Å²) in [7, 11) is -0.983. The molecule has 0 unspecified atom stereocenters. The average Bonchev–Trinajstić information content (AvgIpc) is 2.92. The van der Waals surface area contributed by atoms with Crippen molar-refractivity contribution in [3.63, 3.8) is 0 Å². The number of aromatic nitrogens is 1. The molecule has 1 aromatic carbocycles. The van der Waals surface area contributed by atoms with Gasteiger partial charge >= 0.3 is 6.03 Å². The van der Waals surface area contributed by atoms with Crippen LogP contribution in [0.4, 0.5) is 4.79 Å². The fourth-order valence-electron chi connectivity index (χ4n) is 1.88. The monoisotopic (exact) mass is 337 g/mol. The standard InChI is InChI=1S/C15H19N3O2S2/c1-10(14-9-21-11(2)18-14)17-15(19)16-8-12-4-6-13(7-5-12)22(3)20/h4-7,9-10H,8H2,1-3H3,(H2,16,17,19)/t10-,22+/m1/s1. The maximum Gasteiger partial charge on any atom is 0.315 e. The first-order chi connectivity index (χ1) is 10.5. The van der Waals surface area contributed by atoms with E-state index in [9.17, 15) is 9.00 Å². The molecule has 0 saturated carbocycles. The summed E-state index contributed by atoms with van der Waals surface area (Å²) in [5.41, 5.74) is 1.83. The number of urea groups is 1. The largest absolute Gasteiger partial charge is 0.334 e. The second-order valence-electron chi connectivity index (χ2n) is 4.94. The number of rotatable bonds is 5. The number of carbonyl (C=O) groups is 1. The first-order valence-electron chi connectivity index (χ1n) is 6.84. The van der Waals surface area contributed by atoms with E-state index in [-0.39, 0.29) is 12.1 Å². The molecule has 1 aromatic heterocycles. The van der Waals surface area contributed by atoms with Crippen LogP contribution in [0.3, 0.4) is 0 Å². The molecule has 118 valence electrons. The van der Waals surface area contributed by atoms with Crippen molar-refractivity contribution in [2.24, 2.45) is 0 Å². The van der Waals surface area contributed by atoms with Crippen LogP contribution in [0, 0.1) is 6.92 Å². The van der Waals surface area contributed by atoms with Gasteiger partial charge in [0.1, 0.15) is 0 Å². The number of nitrogens with one attached hydrogen (secondary N) is 2. The third-order valence-corrected chi connectivity index (χ3v) is 4.86. The molecule has 7 heteroatoms. The van der Waals surface area contributed by atoms with Crippen LogP contribution >= 0.6 is 11.3 Å². The maximum absolute atomic E-state index is 11.9. The second-order valence-corrected chi connectivity index (χ2v) is 7.38. The number of aryl methyl sites for hydroxylation is 1. The summed E-state index contributed by atoms with van der Waals surface area (Å²) in [5.74, 6) is 0. The van der Waals surface area contributed by atoms with E-state index in [2.05, 4.69) is 15.6 Å². The minimum Gasteiger partial charge on any atom is -0.334 e. The molecule has 0 fully saturated rings. The smallest absolute Gasteiger partial charge is 0.315 e. The molecule has 2 atom stereocenters. The van der Waals surface area contributed by atoms with Gasteiger partial charge in [-0.05, 0) is 31.5 Å². The van der Waals surface area contributed by atoms with Crippen molar-refractivity contribution in [2.75, 3.05) is 6.26 Å². The van der Waals surface area contributed by atoms with Gasteiger partial charge in [0.2, 0.25) is 0 Å². The van der Waals surface area contributed by atoms with E-state index >= 15 is 0 Å². The first-order valence-corrected chi connectivity index (χ1v) is 9.28. The van der Waals surface area contributed by atoms with Crippen LogP contribution in [0.25, 0.3) is 0 Å². The Morgan fingerprint density at radius 2 is 2.05 bits per heavy atom. The predicted octanol–water partition coefficient (Wildman–Crippen LogP) is 2.75. The van der Waals surface area contributed by atoms with Gasteiger partial charge in [0.25, 0.3) is 0 Å². The van der Waals surface area contributed by atoms with Crippen molar-refractivity contribution in [1.82, 2.24) is 15.6 Å². The molecule has 0 aliphatic heterocycles. The highest BCUT2D eigenvalue weighted by Crippen LogP contribution is 2.15. The summed E-state index contributed by atoms with van der Waals surface area (Å²) in [6, 6.07) is 6.99. The van der Waals surface area contributed by atoms with Crippen LogP contribution in [0.2, 0.25) is 0 Å². The molecule has 1 heterocycles. The van der Waals surface area contributed by atoms with Crippen molar-refractivity contribution < 1.29 is 9.00 Å². The molecule has 2 rings (SSSR count). The van der Waals surface area contributed by atoms with Gasteiger partial charge in [-0.25, -0.2) is 9.78 Å². The maximum atomic E-state index is 11.9. The van der Waals surface area contributed by atoms with E-state index in [0.717, 1.165) is 21.2 Å². The Bertz CT molecular complexity index is 668. The van der Waals surface area contributed by atoms with Gasteiger partial charge in [0.05, 0.1) is 16.7 Å². The number of hydrogen-bond donors (Lipinski definition) is 2. The third-order valence-electron chi connectivity index (χ3n) is 3.14. The van der Waals surface area contributed by atoms with Crippen LogP contribution in [0.15, 0.2) is 34.5 Å². The first kappa shape index (κ1) is 16.6. The summed E-state index contributed by atoms with van der Waals surface area (Å²) in [6.45, 7) is 4.26. The Labute approximate surface area is 136 Å². The van der Waals surface area contributed by atoms with Gasteiger partial charge in [-0.1, -0.05) is 12.1 Å². The van der Waals surface area contributed by atoms with Crippen LogP contribution < -0.4 is 10.6 Å². The summed E-state index contributed by atoms with van der Waals surface area (Å²) in [6.07, 6.45) is 1.64. The summed E-state index contributed by atoms with van der Waals surface area (Å²) >= 11 is 1.57. The summed E-state index contributed by atoms with van der Waals surface area (Å²) in [4.78, 5) is 17.0. The number of carbonyl (C=O) groups excluding carboxylic acids is 1. The number of thiazole rings is 1. The second kappa shape index (κ2) is 7.51.